The minimum absolute atomic E-state index is 0.220. The van der Waals surface area contributed by atoms with Gasteiger partial charge in [0.2, 0.25) is 5.71 Å². The topological polar surface area (TPSA) is 101 Å². The van der Waals surface area contributed by atoms with Gasteiger partial charge in [-0.3, -0.25) is 0 Å². The van der Waals surface area contributed by atoms with Crippen LogP contribution >= 0.6 is 0 Å². The second kappa shape index (κ2) is 5.52. The number of rotatable bonds is 3. The summed E-state index contributed by atoms with van der Waals surface area (Å²) in [5.41, 5.74) is 14.2. The molecule has 0 saturated carbocycles. The standard InChI is InChI=1S/C16H16N6O/c1-2-5-11-9-6-3-4-7-10(9)12-13-14(23-16(12)20-11)15(21-22-17)19-8-18-13/h8H,2-7H2,1H3. The van der Waals surface area contributed by atoms with Crippen molar-refractivity contribution < 1.29 is 4.42 Å². The van der Waals surface area contributed by atoms with E-state index < -0.39 is 0 Å². The Morgan fingerprint density at radius 3 is 2.87 bits per heavy atom. The minimum Gasteiger partial charge on any atom is -0.434 e. The predicted molar refractivity (Wildman–Crippen MR) is 86.5 cm³/mol. The van der Waals surface area contributed by atoms with Gasteiger partial charge in [0.15, 0.2) is 11.4 Å². The van der Waals surface area contributed by atoms with E-state index in [1.54, 1.807) is 0 Å². The molecule has 0 bridgehead atoms. The van der Waals surface area contributed by atoms with Gasteiger partial charge in [-0.1, -0.05) is 13.3 Å². The number of hydrogen-bond acceptors (Lipinski definition) is 5. The van der Waals surface area contributed by atoms with Crippen LogP contribution in [-0.4, -0.2) is 15.0 Å². The lowest BCUT2D eigenvalue weighted by molar-refractivity contribution is 0.636. The van der Waals surface area contributed by atoms with Gasteiger partial charge in [-0.05, 0) is 53.9 Å². The Kier molecular flexibility index (Phi) is 3.35. The maximum Gasteiger partial charge on any atom is 0.229 e. The first-order valence-electron chi connectivity index (χ1n) is 7.96. The summed E-state index contributed by atoms with van der Waals surface area (Å²) in [6.45, 7) is 2.16. The maximum absolute atomic E-state index is 8.70. The SMILES string of the molecule is CCCc1nc2oc3c(N=[N+]=[N-])ncnc3c2c2c1CCCC2. The van der Waals surface area contributed by atoms with E-state index in [9.17, 15) is 0 Å². The molecule has 0 unspecified atom stereocenters. The van der Waals surface area contributed by atoms with E-state index in [2.05, 4.69) is 26.9 Å². The Hall–Kier alpha value is -2.66. The lowest BCUT2D eigenvalue weighted by Gasteiger charge is -2.19. The fourth-order valence-corrected chi connectivity index (χ4v) is 3.48. The molecule has 116 valence electrons. The molecular formula is C16H16N6O. The average Bonchev–Trinajstić information content (AvgIpc) is 2.95. The van der Waals surface area contributed by atoms with Crippen LogP contribution in [0, 0.1) is 0 Å². The lowest BCUT2D eigenvalue weighted by Crippen LogP contribution is -2.09. The van der Waals surface area contributed by atoms with Gasteiger partial charge < -0.3 is 4.42 Å². The van der Waals surface area contributed by atoms with Crippen molar-refractivity contribution in [1.82, 2.24) is 15.0 Å². The molecule has 23 heavy (non-hydrogen) atoms. The third-order valence-corrected chi connectivity index (χ3v) is 4.42. The Balaban J connectivity index is 2.11. The number of nitrogens with zero attached hydrogens (tertiary/aromatic N) is 6. The molecule has 0 radical (unpaired) electrons. The van der Waals surface area contributed by atoms with E-state index in [0.29, 0.717) is 16.8 Å². The lowest BCUT2D eigenvalue weighted by atomic mass is 9.88. The number of azide groups is 1. The molecule has 0 spiro atoms. The summed E-state index contributed by atoms with van der Waals surface area (Å²) in [4.78, 5) is 15.9. The zero-order valence-corrected chi connectivity index (χ0v) is 12.9. The fourth-order valence-electron chi connectivity index (χ4n) is 3.48. The van der Waals surface area contributed by atoms with Crippen LogP contribution in [0.4, 0.5) is 5.82 Å². The van der Waals surface area contributed by atoms with E-state index in [0.717, 1.165) is 36.8 Å². The van der Waals surface area contributed by atoms with Gasteiger partial charge in [0, 0.05) is 10.6 Å². The highest BCUT2D eigenvalue weighted by atomic mass is 16.3. The van der Waals surface area contributed by atoms with Crippen molar-refractivity contribution in [2.45, 2.75) is 45.4 Å². The molecule has 0 aromatic carbocycles. The summed E-state index contributed by atoms with van der Waals surface area (Å²) < 4.78 is 5.89. The largest absolute Gasteiger partial charge is 0.434 e. The predicted octanol–water partition coefficient (Wildman–Crippen LogP) is 4.54. The van der Waals surface area contributed by atoms with Crippen molar-refractivity contribution in [3.05, 3.63) is 33.6 Å². The first-order valence-corrected chi connectivity index (χ1v) is 7.96. The Morgan fingerprint density at radius 2 is 2.09 bits per heavy atom. The van der Waals surface area contributed by atoms with Gasteiger partial charge in [0.05, 0.1) is 5.39 Å². The first kappa shape index (κ1) is 14.0. The summed E-state index contributed by atoms with van der Waals surface area (Å²) in [6.07, 6.45) is 7.86. The van der Waals surface area contributed by atoms with Crippen LogP contribution < -0.4 is 0 Å². The van der Waals surface area contributed by atoms with E-state index in [-0.39, 0.29) is 5.82 Å². The van der Waals surface area contributed by atoms with Gasteiger partial charge >= 0.3 is 0 Å². The average molecular weight is 308 g/mol. The van der Waals surface area contributed by atoms with Gasteiger partial charge in [0.25, 0.3) is 0 Å². The molecule has 3 aromatic heterocycles. The molecule has 3 heterocycles. The number of aromatic nitrogens is 3. The molecule has 7 heteroatoms. The van der Waals surface area contributed by atoms with Crippen LogP contribution in [-0.2, 0) is 19.3 Å². The molecule has 0 aliphatic heterocycles. The van der Waals surface area contributed by atoms with Crippen molar-refractivity contribution in [3.63, 3.8) is 0 Å². The van der Waals surface area contributed by atoms with Crippen LogP contribution in [0.3, 0.4) is 0 Å². The van der Waals surface area contributed by atoms with Crippen molar-refractivity contribution in [1.29, 1.82) is 0 Å². The molecule has 1 aliphatic rings. The van der Waals surface area contributed by atoms with Gasteiger partial charge in [-0.15, -0.1) is 0 Å². The van der Waals surface area contributed by atoms with Crippen molar-refractivity contribution in [2.24, 2.45) is 5.11 Å². The molecule has 7 nitrogen and oxygen atoms in total. The van der Waals surface area contributed by atoms with Crippen LogP contribution in [0.5, 0.6) is 0 Å². The van der Waals surface area contributed by atoms with Gasteiger partial charge in [-0.2, -0.15) is 0 Å². The zero-order chi connectivity index (χ0) is 15.8. The second-order valence-corrected chi connectivity index (χ2v) is 5.82. The molecule has 3 aromatic rings. The maximum atomic E-state index is 8.70. The third kappa shape index (κ3) is 2.12. The van der Waals surface area contributed by atoms with E-state index in [1.807, 2.05) is 0 Å². The molecule has 0 amide bonds. The highest BCUT2D eigenvalue weighted by Crippen LogP contribution is 2.38. The smallest absolute Gasteiger partial charge is 0.229 e. The summed E-state index contributed by atoms with van der Waals surface area (Å²) in [5.74, 6) is 0.220. The van der Waals surface area contributed by atoms with Crippen molar-refractivity contribution in [2.75, 3.05) is 0 Å². The van der Waals surface area contributed by atoms with Gasteiger partial charge in [-0.25, -0.2) is 15.0 Å². The highest BCUT2D eigenvalue weighted by Gasteiger charge is 2.23. The molecule has 0 fully saturated rings. The summed E-state index contributed by atoms with van der Waals surface area (Å²) in [5, 5.41) is 4.57. The van der Waals surface area contributed by atoms with Crippen molar-refractivity contribution in [3.8, 4) is 0 Å². The minimum atomic E-state index is 0.220. The number of hydrogen-bond donors (Lipinski definition) is 0. The highest BCUT2D eigenvalue weighted by molar-refractivity contribution is 6.06. The Labute approximate surface area is 132 Å². The van der Waals surface area contributed by atoms with E-state index in [1.165, 1.54) is 30.3 Å². The molecule has 0 saturated heterocycles. The quantitative estimate of drug-likeness (QED) is 0.402. The molecule has 1 aliphatic carbocycles. The van der Waals surface area contributed by atoms with Crippen LogP contribution in [0.25, 0.3) is 32.6 Å². The van der Waals surface area contributed by atoms with E-state index in [4.69, 9.17) is 14.9 Å². The van der Waals surface area contributed by atoms with Crippen molar-refractivity contribution >= 4 is 28.0 Å². The Bertz CT molecular complexity index is 954. The monoisotopic (exact) mass is 308 g/mol. The third-order valence-electron chi connectivity index (χ3n) is 4.42. The molecule has 0 N–H and O–H groups in total. The van der Waals surface area contributed by atoms with E-state index >= 15 is 0 Å². The summed E-state index contributed by atoms with van der Waals surface area (Å²) in [6, 6.07) is 0. The number of aryl methyl sites for hydroxylation is 2. The number of fused-ring (bicyclic) bond motifs is 5. The molecular weight excluding hydrogens is 292 g/mol. The zero-order valence-electron chi connectivity index (χ0n) is 12.9. The summed E-state index contributed by atoms with van der Waals surface area (Å²) in [7, 11) is 0. The summed E-state index contributed by atoms with van der Waals surface area (Å²) >= 11 is 0. The van der Waals surface area contributed by atoms with Crippen LogP contribution in [0.15, 0.2) is 15.9 Å². The molecule has 0 atom stereocenters. The molecule has 4 rings (SSSR count). The van der Waals surface area contributed by atoms with Crippen LogP contribution in [0.1, 0.15) is 43.0 Å². The first-order chi connectivity index (χ1) is 11.3. The number of pyridine rings is 1. The normalized spacial score (nSPS) is 14.0. The van der Waals surface area contributed by atoms with Gasteiger partial charge in [0.1, 0.15) is 11.8 Å². The Morgan fingerprint density at radius 1 is 1.26 bits per heavy atom. The fraction of sp³-hybridized carbons (Fsp3) is 0.438. The van der Waals surface area contributed by atoms with Crippen LogP contribution in [0.2, 0.25) is 0 Å². The second-order valence-electron chi connectivity index (χ2n) is 5.82. The number of furan rings is 1.